The van der Waals surface area contributed by atoms with Crippen LogP contribution in [-0.4, -0.2) is 32.6 Å². The van der Waals surface area contributed by atoms with Crippen molar-refractivity contribution in [2.45, 2.75) is 8.13 Å². The molecule has 1 aliphatic heterocycles. The summed E-state index contributed by atoms with van der Waals surface area (Å²) in [6, 6.07) is 0. The lowest BCUT2D eigenvalue weighted by Gasteiger charge is -2.29. The zero-order chi connectivity index (χ0) is 10.3. The van der Waals surface area contributed by atoms with E-state index >= 15 is 0 Å². The minimum Gasteiger partial charge on any atom is -0.340 e. The van der Waals surface area contributed by atoms with Crippen molar-refractivity contribution in [2.24, 2.45) is 5.10 Å². The van der Waals surface area contributed by atoms with Crippen LogP contribution in [0.25, 0.3) is 0 Å². The predicted molar refractivity (Wildman–Crippen MR) is 57.9 cm³/mol. The quantitative estimate of drug-likeness (QED) is 0.749. The fourth-order valence-electron chi connectivity index (χ4n) is 0.813. The molecule has 0 aliphatic carbocycles. The second-order valence-electron chi connectivity index (χ2n) is 2.52. The van der Waals surface area contributed by atoms with E-state index < -0.39 is 8.13 Å². The van der Waals surface area contributed by atoms with Gasteiger partial charge in [0, 0.05) is 7.05 Å². The Kier molecular flexibility index (Phi) is 3.36. The molecule has 0 saturated heterocycles. The van der Waals surface area contributed by atoms with Crippen molar-refractivity contribution >= 4 is 63.8 Å². The van der Waals surface area contributed by atoms with Crippen molar-refractivity contribution in [1.82, 2.24) is 10.3 Å². The monoisotopic (exact) mass is 283 g/mol. The fraction of sp³-hybridized carbons (Fsp3) is 0.800. The smallest absolute Gasteiger partial charge is 0.230 e. The number of nitrogens with one attached hydrogen (secondary N) is 1. The second kappa shape index (κ2) is 3.70. The Morgan fingerprint density at radius 1 is 1.31 bits per heavy atom. The molecule has 0 aromatic rings. The van der Waals surface area contributed by atoms with Crippen molar-refractivity contribution in [3.8, 4) is 0 Å². The van der Waals surface area contributed by atoms with E-state index in [2.05, 4.69) is 10.5 Å². The van der Waals surface area contributed by atoms with E-state index in [1.807, 2.05) is 0 Å². The molecule has 3 nitrogen and oxygen atoms in total. The molecule has 1 aliphatic rings. The Balaban J connectivity index is 2.93. The molecule has 0 amide bonds. The number of hydrogen-bond acceptors (Lipinski definition) is 3. The molecule has 76 valence electrons. The zero-order valence-electron chi connectivity index (χ0n) is 6.49. The van der Waals surface area contributed by atoms with Crippen LogP contribution in [0.15, 0.2) is 5.10 Å². The van der Waals surface area contributed by atoms with Crippen LogP contribution in [0, 0.1) is 0 Å². The van der Waals surface area contributed by atoms with Gasteiger partial charge in [-0.15, -0.1) is 0 Å². The van der Waals surface area contributed by atoms with E-state index in [4.69, 9.17) is 58.0 Å². The van der Waals surface area contributed by atoms with E-state index in [-0.39, 0.29) is 5.84 Å². The van der Waals surface area contributed by atoms with Gasteiger partial charge in [-0.2, -0.15) is 5.10 Å². The number of rotatable bonds is 1. The molecule has 0 aromatic heterocycles. The standard InChI is InChI=1S/C5H6Cl5N3/c1-13-2-11-12-3(13)4(6,7)5(8,9)10/h11H,2H2,1H3. The van der Waals surface area contributed by atoms with Crippen molar-refractivity contribution in [2.75, 3.05) is 13.7 Å². The Hall–Kier alpha value is 0.720. The van der Waals surface area contributed by atoms with Crippen molar-refractivity contribution < 1.29 is 0 Å². The summed E-state index contributed by atoms with van der Waals surface area (Å²) in [5.74, 6) is 0.288. The molecule has 0 bridgehead atoms. The minimum atomic E-state index is -1.82. The van der Waals surface area contributed by atoms with Gasteiger partial charge in [-0.1, -0.05) is 58.0 Å². The van der Waals surface area contributed by atoms with E-state index in [0.717, 1.165) is 0 Å². The van der Waals surface area contributed by atoms with Crippen LogP contribution in [-0.2, 0) is 0 Å². The third-order valence-corrected chi connectivity index (χ3v) is 3.83. The molecular weight excluding hydrogens is 279 g/mol. The number of halogens is 5. The highest BCUT2D eigenvalue weighted by Gasteiger charge is 2.52. The molecule has 1 N–H and O–H groups in total. The molecule has 0 fully saturated rings. The van der Waals surface area contributed by atoms with E-state index in [9.17, 15) is 0 Å². The topological polar surface area (TPSA) is 27.6 Å². The molecule has 0 saturated carbocycles. The van der Waals surface area contributed by atoms with Crippen molar-refractivity contribution in [3.63, 3.8) is 0 Å². The molecule has 0 unspecified atom stereocenters. The van der Waals surface area contributed by atoms with Gasteiger partial charge < -0.3 is 4.90 Å². The summed E-state index contributed by atoms with van der Waals surface area (Å²) < 4.78 is -3.48. The summed E-state index contributed by atoms with van der Waals surface area (Å²) in [5.41, 5.74) is 2.67. The average molecular weight is 285 g/mol. The molecule has 0 atom stereocenters. The Morgan fingerprint density at radius 3 is 2.15 bits per heavy atom. The van der Waals surface area contributed by atoms with Gasteiger partial charge in [-0.25, -0.2) is 0 Å². The van der Waals surface area contributed by atoms with Crippen LogP contribution in [0.4, 0.5) is 0 Å². The van der Waals surface area contributed by atoms with E-state index in [0.29, 0.717) is 6.67 Å². The third-order valence-electron chi connectivity index (χ3n) is 1.49. The molecule has 1 heterocycles. The first-order valence-corrected chi connectivity index (χ1v) is 5.12. The highest BCUT2D eigenvalue weighted by molar-refractivity contribution is 6.79. The summed E-state index contributed by atoms with van der Waals surface area (Å²) in [5, 5.41) is 3.83. The van der Waals surface area contributed by atoms with Gasteiger partial charge in [0.15, 0.2) is 5.84 Å². The molecule has 8 heteroatoms. The SMILES string of the molecule is CN1CNN=C1C(Cl)(Cl)C(Cl)(Cl)Cl. The highest BCUT2D eigenvalue weighted by atomic mass is 35.6. The van der Waals surface area contributed by atoms with Gasteiger partial charge in [0.05, 0.1) is 0 Å². The summed E-state index contributed by atoms with van der Waals surface area (Å²) in [6.07, 6.45) is 0. The second-order valence-corrected chi connectivity index (χ2v) is 6.13. The van der Waals surface area contributed by atoms with Crippen molar-refractivity contribution in [3.05, 3.63) is 0 Å². The first-order valence-electron chi connectivity index (χ1n) is 3.23. The molecule has 13 heavy (non-hydrogen) atoms. The molecule has 0 spiro atoms. The lowest BCUT2D eigenvalue weighted by molar-refractivity contribution is 0.497. The van der Waals surface area contributed by atoms with Crippen LogP contribution >= 0.6 is 58.0 Å². The summed E-state index contributed by atoms with van der Waals surface area (Å²) in [7, 11) is 1.73. The number of hydrazone groups is 1. The largest absolute Gasteiger partial charge is 0.340 e. The predicted octanol–water partition coefficient (Wildman–Crippen LogP) is 2.34. The number of amidine groups is 1. The Morgan fingerprint density at radius 2 is 1.85 bits per heavy atom. The van der Waals surface area contributed by atoms with Gasteiger partial charge in [-0.3, -0.25) is 5.43 Å². The van der Waals surface area contributed by atoms with Gasteiger partial charge in [0.1, 0.15) is 6.67 Å². The van der Waals surface area contributed by atoms with Crippen molar-refractivity contribution in [1.29, 1.82) is 0 Å². The maximum atomic E-state index is 5.87. The Bertz CT molecular complexity index is 233. The number of hydrogen-bond donors (Lipinski definition) is 1. The maximum absolute atomic E-state index is 5.87. The van der Waals surface area contributed by atoms with Crippen LogP contribution < -0.4 is 5.43 Å². The van der Waals surface area contributed by atoms with Crippen LogP contribution in [0.3, 0.4) is 0 Å². The summed E-state index contributed by atoms with van der Waals surface area (Å²) in [6.45, 7) is 0.483. The molecular formula is C5H6Cl5N3. The van der Waals surface area contributed by atoms with Gasteiger partial charge in [0.25, 0.3) is 0 Å². The zero-order valence-corrected chi connectivity index (χ0v) is 10.3. The minimum absolute atomic E-state index is 0.288. The fourth-order valence-corrected chi connectivity index (χ4v) is 1.44. The lowest BCUT2D eigenvalue weighted by Crippen LogP contribution is -2.46. The highest BCUT2D eigenvalue weighted by Crippen LogP contribution is 2.47. The molecule has 0 aromatic carbocycles. The first-order chi connectivity index (χ1) is 5.77. The first kappa shape index (κ1) is 11.8. The van der Waals surface area contributed by atoms with Gasteiger partial charge >= 0.3 is 0 Å². The maximum Gasteiger partial charge on any atom is 0.230 e. The average Bonchev–Trinajstić information content (AvgIpc) is 2.32. The normalized spacial score (nSPS) is 18.6. The van der Waals surface area contributed by atoms with Gasteiger partial charge in [0.2, 0.25) is 8.13 Å². The number of alkyl halides is 5. The number of nitrogens with zero attached hydrogens (tertiary/aromatic N) is 2. The summed E-state index contributed by atoms with van der Waals surface area (Å²) >= 11 is 28.5. The molecule has 0 radical (unpaired) electrons. The lowest BCUT2D eigenvalue weighted by atomic mass is 10.4. The van der Waals surface area contributed by atoms with Crippen LogP contribution in [0.1, 0.15) is 0 Å². The molecule has 1 rings (SSSR count). The van der Waals surface area contributed by atoms with E-state index in [1.54, 1.807) is 11.9 Å². The van der Waals surface area contributed by atoms with Crippen LogP contribution in [0.2, 0.25) is 0 Å². The Labute approximate surface area is 101 Å². The van der Waals surface area contributed by atoms with Crippen LogP contribution in [0.5, 0.6) is 0 Å². The summed E-state index contributed by atoms with van der Waals surface area (Å²) in [4.78, 5) is 1.65. The van der Waals surface area contributed by atoms with Gasteiger partial charge in [-0.05, 0) is 0 Å². The third kappa shape index (κ3) is 2.21. The van der Waals surface area contributed by atoms with E-state index in [1.165, 1.54) is 0 Å².